The molecule has 2 aromatic carbocycles. The second-order valence-corrected chi connectivity index (χ2v) is 7.48. The van der Waals surface area contributed by atoms with Crippen molar-refractivity contribution >= 4 is 23.2 Å². The molecular weight excluding hydrogens is 365 g/mol. The van der Waals surface area contributed by atoms with E-state index < -0.39 is 0 Å². The van der Waals surface area contributed by atoms with Gasteiger partial charge in [0.05, 0.1) is 0 Å². The highest BCUT2D eigenvalue weighted by atomic mass is 35.5. The summed E-state index contributed by atoms with van der Waals surface area (Å²) in [6, 6.07) is 13.7. The van der Waals surface area contributed by atoms with Gasteiger partial charge in [0.25, 0.3) is 0 Å². The number of hydrogen-bond donors (Lipinski definition) is 1. The third-order valence-corrected chi connectivity index (χ3v) is 5.41. The molecule has 1 N–H and O–H groups in total. The van der Waals surface area contributed by atoms with Crippen LogP contribution in [0.2, 0.25) is 10.0 Å². The van der Waals surface area contributed by atoms with Crippen molar-refractivity contribution < 1.29 is 4.74 Å². The number of benzene rings is 2. The topological polar surface area (TPSA) is 21.3 Å². The summed E-state index contributed by atoms with van der Waals surface area (Å²) in [5.41, 5.74) is 3.69. The molecule has 0 aromatic heterocycles. The van der Waals surface area contributed by atoms with Crippen LogP contribution < -0.4 is 10.1 Å². The molecule has 0 saturated carbocycles. The second-order valence-electron chi connectivity index (χ2n) is 6.67. The molecule has 0 bridgehead atoms. The largest absolute Gasteiger partial charge is 0.489 e. The Kier molecular flexibility index (Phi) is 7.43. The standard InChI is InChI=1S/C22H25Cl2NO/c23-21-7-4-8-22(24)20(21)16-26-19-11-9-18(10-12-19)15-25-14-13-17-5-2-1-3-6-17/h4-5,7-12,25H,1-3,6,13-16H2. The van der Waals surface area contributed by atoms with Crippen LogP contribution >= 0.6 is 23.2 Å². The highest BCUT2D eigenvalue weighted by molar-refractivity contribution is 6.35. The van der Waals surface area contributed by atoms with Gasteiger partial charge in [0.1, 0.15) is 12.4 Å². The van der Waals surface area contributed by atoms with Crippen LogP contribution in [0.25, 0.3) is 0 Å². The predicted molar refractivity (Wildman–Crippen MR) is 110 cm³/mol. The molecule has 0 radical (unpaired) electrons. The molecule has 0 fully saturated rings. The third-order valence-electron chi connectivity index (χ3n) is 4.71. The monoisotopic (exact) mass is 389 g/mol. The first kappa shape index (κ1) is 19.3. The number of allylic oxidation sites excluding steroid dienone is 1. The summed E-state index contributed by atoms with van der Waals surface area (Å²) in [5, 5.41) is 4.79. The van der Waals surface area contributed by atoms with Crippen LogP contribution in [-0.4, -0.2) is 6.54 Å². The van der Waals surface area contributed by atoms with E-state index >= 15 is 0 Å². The molecule has 138 valence electrons. The van der Waals surface area contributed by atoms with Gasteiger partial charge in [-0.25, -0.2) is 0 Å². The summed E-state index contributed by atoms with van der Waals surface area (Å²) in [4.78, 5) is 0. The highest BCUT2D eigenvalue weighted by Crippen LogP contribution is 2.26. The van der Waals surface area contributed by atoms with Crippen LogP contribution in [0.5, 0.6) is 5.75 Å². The van der Waals surface area contributed by atoms with E-state index in [1.165, 1.54) is 37.7 Å². The van der Waals surface area contributed by atoms with Crippen molar-refractivity contribution in [2.45, 2.75) is 45.3 Å². The van der Waals surface area contributed by atoms with E-state index in [1.54, 1.807) is 5.57 Å². The molecule has 0 amide bonds. The smallest absolute Gasteiger partial charge is 0.119 e. The summed E-state index contributed by atoms with van der Waals surface area (Å²) in [7, 11) is 0. The Hall–Kier alpha value is -1.48. The number of nitrogens with one attached hydrogen (secondary N) is 1. The molecule has 26 heavy (non-hydrogen) atoms. The van der Waals surface area contributed by atoms with Gasteiger partial charge in [-0.3, -0.25) is 0 Å². The summed E-state index contributed by atoms with van der Waals surface area (Å²) in [6.45, 7) is 2.28. The molecule has 4 heteroatoms. The predicted octanol–water partition coefficient (Wildman–Crippen LogP) is 6.55. The van der Waals surface area contributed by atoms with Crippen molar-refractivity contribution in [1.29, 1.82) is 0 Å². The lowest BCUT2D eigenvalue weighted by atomic mass is 9.97. The van der Waals surface area contributed by atoms with E-state index in [-0.39, 0.29) is 0 Å². The maximum absolute atomic E-state index is 6.17. The first-order valence-corrected chi connectivity index (χ1v) is 10.0. The fourth-order valence-electron chi connectivity index (χ4n) is 3.14. The van der Waals surface area contributed by atoms with Crippen molar-refractivity contribution in [3.8, 4) is 5.75 Å². The van der Waals surface area contributed by atoms with Gasteiger partial charge in [-0.1, -0.05) is 53.1 Å². The average Bonchev–Trinajstić information content (AvgIpc) is 2.67. The summed E-state index contributed by atoms with van der Waals surface area (Å²) in [6.07, 6.45) is 8.84. The number of ether oxygens (including phenoxy) is 1. The van der Waals surface area contributed by atoms with Gasteiger partial charge in [0.15, 0.2) is 0 Å². The van der Waals surface area contributed by atoms with E-state index in [9.17, 15) is 0 Å². The van der Waals surface area contributed by atoms with Crippen LogP contribution in [0.3, 0.4) is 0 Å². The summed E-state index contributed by atoms with van der Waals surface area (Å²) < 4.78 is 5.82. The average molecular weight is 390 g/mol. The van der Waals surface area contributed by atoms with Gasteiger partial charge in [0.2, 0.25) is 0 Å². The Bertz CT molecular complexity index is 720. The van der Waals surface area contributed by atoms with Gasteiger partial charge in [-0.2, -0.15) is 0 Å². The second kappa shape index (κ2) is 10.0. The minimum absolute atomic E-state index is 0.366. The minimum Gasteiger partial charge on any atom is -0.489 e. The highest BCUT2D eigenvalue weighted by Gasteiger charge is 2.06. The molecule has 1 aliphatic rings. The zero-order valence-electron chi connectivity index (χ0n) is 14.9. The maximum atomic E-state index is 6.17. The maximum Gasteiger partial charge on any atom is 0.119 e. The van der Waals surface area contributed by atoms with Crippen molar-refractivity contribution in [2.24, 2.45) is 0 Å². The van der Waals surface area contributed by atoms with Crippen LogP contribution in [0.15, 0.2) is 54.1 Å². The molecule has 0 aliphatic heterocycles. The Morgan fingerprint density at radius 3 is 2.42 bits per heavy atom. The number of rotatable bonds is 8. The molecule has 1 aliphatic carbocycles. The molecular formula is C22H25Cl2NO. The molecule has 0 atom stereocenters. The van der Waals surface area contributed by atoms with E-state index in [2.05, 4.69) is 23.5 Å². The van der Waals surface area contributed by atoms with Gasteiger partial charge in [-0.05, 0) is 68.5 Å². The first-order valence-electron chi connectivity index (χ1n) is 9.25. The molecule has 0 heterocycles. The summed E-state index contributed by atoms with van der Waals surface area (Å²) in [5.74, 6) is 0.817. The lowest BCUT2D eigenvalue weighted by Crippen LogP contribution is -2.15. The van der Waals surface area contributed by atoms with Gasteiger partial charge < -0.3 is 10.1 Å². The zero-order chi connectivity index (χ0) is 18.2. The molecule has 3 rings (SSSR count). The van der Waals surface area contributed by atoms with Crippen molar-refractivity contribution in [1.82, 2.24) is 5.32 Å². The van der Waals surface area contributed by atoms with Crippen LogP contribution in [0, 0.1) is 0 Å². The van der Waals surface area contributed by atoms with Crippen LogP contribution in [0.1, 0.15) is 43.2 Å². The molecule has 0 spiro atoms. The first-order chi connectivity index (χ1) is 12.7. The molecule has 0 unspecified atom stereocenters. The SMILES string of the molecule is Clc1cccc(Cl)c1COc1ccc(CNCCC2=CCCCC2)cc1. The van der Waals surface area contributed by atoms with Crippen LogP contribution in [-0.2, 0) is 13.2 Å². The normalized spacial score (nSPS) is 14.2. The lowest BCUT2D eigenvalue weighted by Gasteiger charge is -2.13. The Morgan fingerprint density at radius 1 is 0.962 bits per heavy atom. The van der Waals surface area contributed by atoms with Crippen LogP contribution in [0.4, 0.5) is 0 Å². The van der Waals surface area contributed by atoms with Gasteiger partial charge >= 0.3 is 0 Å². The molecule has 2 aromatic rings. The molecule has 0 saturated heterocycles. The fraction of sp³-hybridized carbons (Fsp3) is 0.364. The zero-order valence-corrected chi connectivity index (χ0v) is 16.5. The van der Waals surface area contributed by atoms with E-state index in [0.29, 0.717) is 16.7 Å². The van der Waals surface area contributed by atoms with E-state index in [1.807, 2.05) is 30.3 Å². The van der Waals surface area contributed by atoms with Crippen molar-refractivity contribution in [2.75, 3.05) is 6.54 Å². The Labute approximate surface area is 166 Å². The Morgan fingerprint density at radius 2 is 1.73 bits per heavy atom. The summed E-state index contributed by atoms with van der Waals surface area (Å²) >= 11 is 12.3. The van der Waals surface area contributed by atoms with Gasteiger partial charge in [-0.15, -0.1) is 0 Å². The quantitative estimate of drug-likeness (QED) is 0.408. The fourth-order valence-corrected chi connectivity index (χ4v) is 3.65. The van der Waals surface area contributed by atoms with Crippen molar-refractivity contribution in [3.05, 3.63) is 75.3 Å². The third kappa shape index (κ3) is 5.77. The Balaban J connectivity index is 1.42. The van der Waals surface area contributed by atoms with E-state index in [4.69, 9.17) is 27.9 Å². The molecule has 2 nitrogen and oxygen atoms in total. The van der Waals surface area contributed by atoms with E-state index in [0.717, 1.165) is 24.4 Å². The van der Waals surface area contributed by atoms with Gasteiger partial charge in [0, 0.05) is 22.2 Å². The number of hydrogen-bond acceptors (Lipinski definition) is 2. The van der Waals surface area contributed by atoms with Crippen molar-refractivity contribution in [3.63, 3.8) is 0 Å². The number of halogens is 2. The minimum atomic E-state index is 0.366. The lowest BCUT2D eigenvalue weighted by molar-refractivity contribution is 0.306.